The van der Waals surface area contributed by atoms with Crippen LogP contribution in [0.25, 0.3) is 0 Å². The topological polar surface area (TPSA) is 56.2 Å². The maximum absolute atomic E-state index is 13.2. The van der Waals surface area contributed by atoms with Gasteiger partial charge in [-0.05, 0) is 23.2 Å². The highest BCUT2D eigenvalue weighted by Gasteiger charge is 2.44. The van der Waals surface area contributed by atoms with Crippen LogP contribution in [0.1, 0.15) is 47.2 Å². The van der Waals surface area contributed by atoms with E-state index in [-0.39, 0.29) is 22.1 Å². The molecule has 1 heterocycles. The standard InChI is InChI=1S/C19H39N3O2Si2/c1-18(2,3)25(8,9)21-16(12-15-13-20-14-22(15)7)17(23)24-26(10,11)19(4,5)6/h13-14,16,21H,12H2,1-11H3/t16-/m0/s1. The zero-order valence-electron chi connectivity index (χ0n) is 18.7. The Bertz CT molecular complexity index is 625. The number of carbonyl (C=O) groups is 1. The van der Waals surface area contributed by atoms with Crippen molar-refractivity contribution in [2.75, 3.05) is 0 Å². The van der Waals surface area contributed by atoms with E-state index in [2.05, 4.69) is 77.7 Å². The Hall–Kier alpha value is -0.926. The van der Waals surface area contributed by atoms with Crippen molar-refractivity contribution in [1.82, 2.24) is 14.5 Å². The molecule has 0 amide bonds. The Labute approximate surface area is 162 Å². The van der Waals surface area contributed by atoms with Crippen molar-refractivity contribution in [3.05, 3.63) is 18.2 Å². The van der Waals surface area contributed by atoms with E-state index >= 15 is 0 Å². The predicted octanol–water partition coefficient (Wildman–Crippen LogP) is 4.47. The van der Waals surface area contributed by atoms with Gasteiger partial charge in [-0.2, -0.15) is 0 Å². The molecule has 150 valence electrons. The lowest BCUT2D eigenvalue weighted by Gasteiger charge is -2.41. The Kier molecular flexibility index (Phi) is 6.75. The van der Waals surface area contributed by atoms with Gasteiger partial charge in [0.05, 0.1) is 6.33 Å². The fourth-order valence-corrected chi connectivity index (χ4v) is 4.59. The zero-order valence-corrected chi connectivity index (χ0v) is 20.7. The summed E-state index contributed by atoms with van der Waals surface area (Å²) < 4.78 is 8.11. The van der Waals surface area contributed by atoms with Gasteiger partial charge >= 0.3 is 5.97 Å². The number of nitrogens with one attached hydrogen (secondary N) is 1. The number of aromatic nitrogens is 2. The van der Waals surface area contributed by atoms with E-state index in [1.165, 1.54) is 0 Å². The third-order valence-corrected chi connectivity index (χ3v) is 15.3. The van der Waals surface area contributed by atoms with Gasteiger partial charge in [-0.3, -0.25) is 4.79 Å². The van der Waals surface area contributed by atoms with Gasteiger partial charge in [0.1, 0.15) is 14.3 Å². The van der Waals surface area contributed by atoms with Crippen molar-refractivity contribution in [2.45, 2.75) is 90.3 Å². The molecule has 0 spiro atoms. The molecule has 0 radical (unpaired) electrons. The first-order valence-corrected chi connectivity index (χ1v) is 15.3. The zero-order chi connectivity index (χ0) is 20.6. The molecule has 1 N–H and O–H groups in total. The fourth-order valence-electron chi connectivity index (χ4n) is 2.11. The number of rotatable bonds is 6. The summed E-state index contributed by atoms with van der Waals surface area (Å²) >= 11 is 0. The van der Waals surface area contributed by atoms with Gasteiger partial charge in [0.25, 0.3) is 8.32 Å². The molecule has 7 heteroatoms. The van der Waals surface area contributed by atoms with Crippen LogP contribution in [0, 0.1) is 0 Å². The van der Waals surface area contributed by atoms with E-state index in [0.717, 1.165) is 5.69 Å². The van der Waals surface area contributed by atoms with Crippen molar-refractivity contribution < 1.29 is 9.22 Å². The average Bonchev–Trinajstić information content (AvgIpc) is 2.80. The number of hydrogen-bond donors (Lipinski definition) is 1. The minimum atomic E-state index is -2.16. The van der Waals surface area contributed by atoms with Gasteiger partial charge in [0, 0.05) is 25.4 Å². The highest BCUT2D eigenvalue weighted by atomic mass is 28.4. The van der Waals surface area contributed by atoms with Gasteiger partial charge in [-0.15, -0.1) is 0 Å². The average molecular weight is 398 g/mol. The Morgan fingerprint density at radius 2 is 1.69 bits per heavy atom. The predicted molar refractivity (Wildman–Crippen MR) is 114 cm³/mol. The molecule has 1 aromatic heterocycles. The van der Waals surface area contributed by atoms with Crippen LogP contribution in [0.3, 0.4) is 0 Å². The second-order valence-corrected chi connectivity index (χ2v) is 20.2. The lowest BCUT2D eigenvalue weighted by atomic mass is 10.2. The van der Waals surface area contributed by atoms with E-state index in [1.54, 1.807) is 6.33 Å². The molecule has 1 aromatic rings. The van der Waals surface area contributed by atoms with Crippen LogP contribution in [0.4, 0.5) is 0 Å². The summed E-state index contributed by atoms with van der Waals surface area (Å²) in [5.41, 5.74) is 1.04. The minimum Gasteiger partial charge on any atom is -0.518 e. The molecule has 0 aliphatic heterocycles. The summed E-state index contributed by atoms with van der Waals surface area (Å²) in [7, 11) is -2.07. The molecule has 0 fully saturated rings. The Morgan fingerprint density at radius 3 is 2.08 bits per heavy atom. The molecule has 0 aliphatic carbocycles. The molecule has 5 nitrogen and oxygen atoms in total. The summed E-state index contributed by atoms with van der Waals surface area (Å²) in [5, 5.41) is 0.131. The summed E-state index contributed by atoms with van der Waals surface area (Å²) in [5.74, 6) is -0.123. The van der Waals surface area contributed by atoms with Gasteiger partial charge in [-0.1, -0.05) is 54.6 Å². The summed E-state index contributed by atoms with van der Waals surface area (Å²) in [6, 6.07) is -0.347. The lowest BCUT2D eigenvalue weighted by Crippen LogP contribution is -2.60. The highest BCUT2D eigenvalue weighted by molar-refractivity contribution is 6.78. The fraction of sp³-hybridized carbons (Fsp3) is 0.789. The Morgan fingerprint density at radius 1 is 1.15 bits per heavy atom. The van der Waals surface area contributed by atoms with E-state index in [4.69, 9.17) is 4.43 Å². The van der Waals surface area contributed by atoms with Gasteiger partial charge in [0.15, 0.2) is 0 Å². The SMILES string of the molecule is Cn1cncc1C[C@H](N[Si](C)(C)C(C)(C)C)C(=O)O[Si](C)(C)C(C)(C)C. The van der Waals surface area contributed by atoms with E-state index < -0.39 is 16.6 Å². The van der Waals surface area contributed by atoms with Crippen molar-refractivity contribution in [3.63, 3.8) is 0 Å². The quantitative estimate of drug-likeness (QED) is 0.719. The molecule has 0 aromatic carbocycles. The third kappa shape index (κ3) is 5.53. The second-order valence-electron chi connectivity index (χ2n) is 10.5. The van der Waals surface area contributed by atoms with E-state index in [1.807, 2.05) is 17.8 Å². The molecule has 0 bridgehead atoms. The van der Waals surface area contributed by atoms with Gasteiger partial charge in [0.2, 0.25) is 0 Å². The summed E-state index contributed by atoms with van der Waals surface area (Å²) in [6.45, 7) is 22.0. The molecular weight excluding hydrogens is 358 g/mol. The highest BCUT2D eigenvalue weighted by Crippen LogP contribution is 2.37. The van der Waals surface area contributed by atoms with Crippen LogP contribution in [-0.2, 0) is 22.7 Å². The molecule has 1 atom stereocenters. The number of aryl methyl sites for hydroxylation is 1. The van der Waals surface area contributed by atoms with Crippen molar-refractivity contribution >= 4 is 22.5 Å². The normalized spacial score (nSPS) is 15.0. The van der Waals surface area contributed by atoms with Gasteiger partial charge < -0.3 is 14.0 Å². The monoisotopic (exact) mass is 397 g/mol. The Balaban J connectivity index is 3.11. The first-order valence-electron chi connectivity index (χ1n) is 9.44. The molecule has 26 heavy (non-hydrogen) atoms. The molecule has 0 aliphatic rings. The van der Waals surface area contributed by atoms with Crippen molar-refractivity contribution in [3.8, 4) is 0 Å². The maximum atomic E-state index is 13.2. The molecule has 0 unspecified atom stereocenters. The largest absolute Gasteiger partial charge is 0.518 e. The summed E-state index contributed by atoms with van der Waals surface area (Å²) in [6.07, 6.45) is 4.20. The lowest BCUT2D eigenvalue weighted by molar-refractivity contribution is -0.137. The first kappa shape index (κ1) is 23.1. The maximum Gasteiger partial charge on any atom is 0.309 e. The molecule has 1 rings (SSSR count). The second kappa shape index (κ2) is 7.60. The molecule has 0 saturated heterocycles. The molecular formula is C19H39N3O2Si2. The molecule has 0 saturated carbocycles. The van der Waals surface area contributed by atoms with Crippen LogP contribution in [0.2, 0.25) is 36.3 Å². The third-order valence-electron chi connectivity index (χ3n) is 6.19. The van der Waals surface area contributed by atoms with Crippen molar-refractivity contribution in [1.29, 1.82) is 0 Å². The number of nitrogens with zero attached hydrogens (tertiary/aromatic N) is 2. The number of carbonyl (C=O) groups excluding carboxylic acids is 1. The van der Waals surface area contributed by atoms with Crippen LogP contribution in [-0.4, -0.2) is 38.1 Å². The summed E-state index contributed by atoms with van der Waals surface area (Å²) in [4.78, 5) is 21.1. The number of imidazole rings is 1. The van der Waals surface area contributed by atoms with Crippen LogP contribution in [0.5, 0.6) is 0 Å². The van der Waals surface area contributed by atoms with Crippen LogP contribution >= 0.6 is 0 Å². The first-order chi connectivity index (χ1) is 11.5. The van der Waals surface area contributed by atoms with E-state index in [0.29, 0.717) is 6.42 Å². The van der Waals surface area contributed by atoms with Gasteiger partial charge in [-0.25, -0.2) is 4.98 Å². The van der Waals surface area contributed by atoms with Crippen LogP contribution in [0.15, 0.2) is 12.5 Å². The number of hydrogen-bond acceptors (Lipinski definition) is 4. The van der Waals surface area contributed by atoms with Crippen LogP contribution < -0.4 is 4.98 Å². The van der Waals surface area contributed by atoms with E-state index in [9.17, 15) is 4.79 Å². The minimum absolute atomic E-state index is 0.00326. The van der Waals surface area contributed by atoms with Crippen molar-refractivity contribution in [2.24, 2.45) is 7.05 Å². The smallest absolute Gasteiger partial charge is 0.309 e.